The monoisotopic (exact) mass is 632 g/mol. The summed E-state index contributed by atoms with van der Waals surface area (Å²) in [6, 6.07) is 25.6. The lowest BCUT2D eigenvalue weighted by atomic mass is 10.1. The van der Waals surface area contributed by atoms with E-state index in [4.69, 9.17) is 0 Å². The molecule has 0 bridgehead atoms. The summed E-state index contributed by atoms with van der Waals surface area (Å²) in [6.45, 7) is 0. The Morgan fingerprint density at radius 1 is 0.429 bits per heavy atom. The lowest BCUT2D eigenvalue weighted by Gasteiger charge is -2.01. The zero-order chi connectivity index (χ0) is 17.9. The summed E-state index contributed by atoms with van der Waals surface area (Å²) in [5.74, 6) is 0. The first-order chi connectivity index (χ1) is 12.7. The first kappa shape index (κ1) is 23.1. The highest BCUT2D eigenvalue weighted by Gasteiger charge is 2.09. The van der Waals surface area contributed by atoms with Crippen molar-refractivity contribution in [3.8, 4) is 22.5 Å². The topological polar surface area (TPSA) is 7.76 Å². The minimum absolute atomic E-state index is 0. The predicted octanol–water partition coefficient (Wildman–Crippen LogP) is -0.876. The van der Waals surface area contributed by atoms with Crippen molar-refractivity contribution in [3.05, 3.63) is 105 Å². The van der Waals surface area contributed by atoms with Gasteiger partial charge in [0.25, 0.3) is 0 Å². The number of pyridine rings is 2. The minimum atomic E-state index is 0. The van der Waals surface area contributed by atoms with Gasteiger partial charge in [-0.2, -0.15) is 9.13 Å². The molecular formula is C22H16Cl2I2N2. The number of rotatable bonds is 3. The van der Waals surface area contributed by atoms with Gasteiger partial charge < -0.3 is 24.8 Å². The van der Waals surface area contributed by atoms with Gasteiger partial charge in [0.2, 0.25) is 11.4 Å². The number of halogens is 4. The van der Waals surface area contributed by atoms with E-state index >= 15 is 0 Å². The van der Waals surface area contributed by atoms with Crippen LogP contribution in [0.2, 0.25) is 0 Å². The molecule has 0 spiro atoms. The molecule has 0 unspecified atom stereocenters. The van der Waals surface area contributed by atoms with E-state index in [2.05, 4.69) is 152 Å². The Labute approximate surface area is 204 Å². The summed E-state index contributed by atoms with van der Waals surface area (Å²) in [6.07, 6.45) is 8.44. The van der Waals surface area contributed by atoms with Gasteiger partial charge in [0.1, 0.15) is 0 Å². The Balaban J connectivity index is 0.00000140. The van der Waals surface area contributed by atoms with Crippen molar-refractivity contribution in [1.82, 2.24) is 0 Å². The largest absolute Gasteiger partial charge is 1.00 e. The van der Waals surface area contributed by atoms with Crippen molar-refractivity contribution in [1.29, 1.82) is 0 Å². The van der Waals surface area contributed by atoms with Crippen LogP contribution in [-0.4, -0.2) is 0 Å². The van der Waals surface area contributed by atoms with Gasteiger partial charge in [0.05, 0.1) is 0 Å². The molecule has 142 valence electrons. The van der Waals surface area contributed by atoms with Crippen LogP contribution in [-0.2, 0) is 0 Å². The van der Waals surface area contributed by atoms with Gasteiger partial charge in [0, 0.05) is 55.7 Å². The zero-order valence-electron chi connectivity index (χ0n) is 14.6. The first-order valence-corrected chi connectivity index (χ1v) is 10.4. The molecule has 0 saturated heterocycles. The van der Waals surface area contributed by atoms with E-state index in [1.54, 1.807) is 0 Å². The van der Waals surface area contributed by atoms with Crippen molar-refractivity contribution >= 4 is 45.2 Å². The van der Waals surface area contributed by atoms with Crippen LogP contribution in [0.1, 0.15) is 0 Å². The molecule has 2 aromatic heterocycles. The second-order valence-corrected chi connectivity index (χ2v) is 8.43. The van der Waals surface area contributed by atoms with E-state index < -0.39 is 0 Å². The quantitative estimate of drug-likeness (QED) is 0.205. The number of hydrogen-bond acceptors (Lipinski definition) is 0. The van der Waals surface area contributed by atoms with Crippen LogP contribution in [0.3, 0.4) is 0 Å². The SMILES string of the molecule is Ic1ccc(-[n+]2ccc(-c3cc[n+](-c4ccc(I)cc4)cc3)cc2)cc1.[Cl-].[Cl-]. The summed E-state index contributed by atoms with van der Waals surface area (Å²) in [5, 5.41) is 0. The molecule has 4 rings (SSSR count). The molecule has 0 saturated carbocycles. The van der Waals surface area contributed by atoms with Crippen LogP contribution in [0.4, 0.5) is 0 Å². The molecule has 0 amide bonds. The van der Waals surface area contributed by atoms with Crippen LogP contribution in [0.5, 0.6) is 0 Å². The molecule has 0 aliphatic heterocycles. The second-order valence-electron chi connectivity index (χ2n) is 5.94. The molecule has 2 heterocycles. The molecule has 2 nitrogen and oxygen atoms in total. The molecule has 4 aromatic rings. The molecular weight excluding hydrogens is 617 g/mol. The maximum Gasteiger partial charge on any atom is 0.210 e. The Bertz CT molecular complexity index is 931. The summed E-state index contributed by atoms with van der Waals surface area (Å²) in [7, 11) is 0. The normalized spacial score (nSPS) is 9.93. The van der Waals surface area contributed by atoms with Crippen molar-refractivity contribution in [2.75, 3.05) is 0 Å². The highest BCUT2D eigenvalue weighted by Crippen LogP contribution is 2.17. The van der Waals surface area contributed by atoms with Gasteiger partial charge >= 0.3 is 0 Å². The molecule has 0 aliphatic carbocycles. The lowest BCUT2D eigenvalue weighted by molar-refractivity contribution is -0.596. The summed E-state index contributed by atoms with van der Waals surface area (Å²) in [5.41, 5.74) is 4.76. The van der Waals surface area contributed by atoms with Crippen molar-refractivity contribution in [3.63, 3.8) is 0 Å². The molecule has 0 aliphatic rings. The van der Waals surface area contributed by atoms with Crippen molar-refractivity contribution < 1.29 is 33.9 Å². The smallest absolute Gasteiger partial charge is 0.210 e. The lowest BCUT2D eigenvalue weighted by Crippen LogP contribution is -3.00. The van der Waals surface area contributed by atoms with Crippen molar-refractivity contribution in [2.45, 2.75) is 0 Å². The van der Waals surface area contributed by atoms with Gasteiger partial charge in [-0.1, -0.05) is 0 Å². The van der Waals surface area contributed by atoms with E-state index in [1.807, 2.05) is 0 Å². The van der Waals surface area contributed by atoms with E-state index in [0.717, 1.165) is 0 Å². The molecule has 2 aromatic carbocycles. The number of aromatic nitrogens is 2. The van der Waals surface area contributed by atoms with Crippen LogP contribution >= 0.6 is 45.2 Å². The molecule has 0 atom stereocenters. The molecule has 0 radical (unpaired) electrons. The summed E-state index contributed by atoms with van der Waals surface area (Å²) >= 11 is 4.65. The average molecular weight is 633 g/mol. The number of benzene rings is 2. The third-order valence-corrected chi connectivity index (χ3v) is 5.68. The molecule has 0 N–H and O–H groups in total. The maximum atomic E-state index is 2.33. The Morgan fingerprint density at radius 2 is 0.714 bits per heavy atom. The first-order valence-electron chi connectivity index (χ1n) is 8.24. The predicted molar refractivity (Wildman–Crippen MR) is 120 cm³/mol. The van der Waals surface area contributed by atoms with E-state index in [-0.39, 0.29) is 24.8 Å². The fourth-order valence-corrected chi connectivity index (χ4v) is 3.53. The summed E-state index contributed by atoms with van der Waals surface area (Å²) < 4.78 is 6.76. The molecule has 0 fully saturated rings. The average Bonchev–Trinajstić information content (AvgIpc) is 2.70. The third-order valence-electron chi connectivity index (χ3n) is 4.24. The maximum absolute atomic E-state index is 2.33. The minimum Gasteiger partial charge on any atom is -1.00 e. The standard InChI is InChI=1S/C22H16I2N2.2ClH/c23-19-1-5-21(6-2-19)25-13-9-17(10-14-25)18-11-15-26(16-12-18)22-7-3-20(24)4-8-22;;/h1-16H;2*1H/q+2;;/p-2. The van der Waals surface area contributed by atoms with E-state index in [0.29, 0.717) is 0 Å². The van der Waals surface area contributed by atoms with Gasteiger partial charge in [-0.15, -0.1) is 0 Å². The van der Waals surface area contributed by atoms with Gasteiger partial charge in [-0.25, -0.2) is 0 Å². The second kappa shape index (κ2) is 10.5. The van der Waals surface area contributed by atoms with Crippen LogP contribution in [0.25, 0.3) is 22.5 Å². The van der Waals surface area contributed by atoms with Crippen LogP contribution in [0, 0.1) is 7.14 Å². The third kappa shape index (κ3) is 5.43. The fourth-order valence-electron chi connectivity index (χ4n) is 2.81. The van der Waals surface area contributed by atoms with Gasteiger partial charge in [-0.05, 0) is 80.6 Å². The van der Waals surface area contributed by atoms with Gasteiger partial charge in [-0.3, -0.25) is 0 Å². The zero-order valence-corrected chi connectivity index (χ0v) is 20.5. The molecule has 28 heavy (non-hydrogen) atoms. The number of hydrogen-bond donors (Lipinski definition) is 0. The molecule has 6 heteroatoms. The van der Waals surface area contributed by atoms with E-state index in [9.17, 15) is 0 Å². The van der Waals surface area contributed by atoms with Crippen molar-refractivity contribution in [2.24, 2.45) is 0 Å². The number of nitrogens with zero attached hydrogens (tertiary/aromatic N) is 2. The van der Waals surface area contributed by atoms with Crippen LogP contribution in [0.15, 0.2) is 97.6 Å². The highest BCUT2D eigenvalue weighted by atomic mass is 127. The fraction of sp³-hybridized carbons (Fsp3) is 0. The Morgan fingerprint density at radius 3 is 1.00 bits per heavy atom. The Hall–Kier alpha value is -1.22. The highest BCUT2D eigenvalue weighted by molar-refractivity contribution is 14.1. The van der Waals surface area contributed by atoms with Gasteiger partial charge in [0.15, 0.2) is 24.8 Å². The van der Waals surface area contributed by atoms with Crippen LogP contribution < -0.4 is 33.9 Å². The van der Waals surface area contributed by atoms with E-state index in [1.165, 1.54) is 29.6 Å². The summed E-state index contributed by atoms with van der Waals surface area (Å²) in [4.78, 5) is 0. The Kier molecular flexibility index (Phi) is 8.67.